The van der Waals surface area contributed by atoms with E-state index in [2.05, 4.69) is 34.5 Å². The predicted octanol–water partition coefficient (Wildman–Crippen LogP) is -0.00440. The molecule has 1 aromatic rings. The molecule has 0 fully saturated rings. The predicted molar refractivity (Wildman–Crippen MR) is 72.7 cm³/mol. The molecule has 0 aromatic heterocycles. The Balaban J connectivity index is 2.13. The second kappa shape index (κ2) is 9.13. The highest BCUT2D eigenvalue weighted by molar-refractivity contribution is 5.14. The Labute approximate surface area is 104 Å². The summed E-state index contributed by atoms with van der Waals surface area (Å²) in [7, 11) is 0. The van der Waals surface area contributed by atoms with Gasteiger partial charge in [-0.3, -0.25) is 4.90 Å². The second-order valence-electron chi connectivity index (χ2n) is 4.08. The average Bonchev–Trinajstić information content (AvgIpc) is 2.36. The zero-order valence-corrected chi connectivity index (χ0v) is 10.4. The number of nitrogens with two attached hydrogens (primary N) is 2. The van der Waals surface area contributed by atoms with E-state index in [0.29, 0.717) is 13.1 Å². The van der Waals surface area contributed by atoms with Gasteiger partial charge in [0.2, 0.25) is 0 Å². The van der Waals surface area contributed by atoms with Gasteiger partial charge in [0.25, 0.3) is 0 Å². The third kappa shape index (κ3) is 6.38. The first-order chi connectivity index (χ1) is 8.36. The molecular formula is C13H24N4. The van der Waals surface area contributed by atoms with Gasteiger partial charge in [0.15, 0.2) is 0 Å². The molecule has 1 rings (SSSR count). The van der Waals surface area contributed by atoms with Crippen LogP contribution in [-0.2, 0) is 6.54 Å². The van der Waals surface area contributed by atoms with Crippen LogP contribution in [0.4, 0.5) is 0 Å². The monoisotopic (exact) mass is 236 g/mol. The topological polar surface area (TPSA) is 67.3 Å². The normalized spacial score (nSPS) is 11.0. The van der Waals surface area contributed by atoms with Crippen molar-refractivity contribution in [1.29, 1.82) is 0 Å². The van der Waals surface area contributed by atoms with E-state index in [0.717, 1.165) is 32.7 Å². The van der Waals surface area contributed by atoms with Crippen LogP contribution in [0.3, 0.4) is 0 Å². The molecular weight excluding hydrogens is 212 g/mol. The number of nitrogens with zero attached hydrogens (tertiary/aromatic N) is 1. The summed E-state index contributed by atoms with van der Waals surface area (Å²) in [5, 5.41) is 3.43. The Kier molecular flexibility index (Phi) is 7.58. The van der Waals surface area contributed by atoms with Crippen molar-refractivity contribution >= 4 is 0 Å². The van der Waals surface area contributed by atoms with Crippen molar-refractivity contribution in [3.8, 4) is 0 Å². The lowest BCUT2D eigenvalue weighted by Crippen LogP contribution is -2.38. The van der Waals surface area contributed by atoms with Crippen LogP contribution in [-0.4, -0.2) is 44.2 Å². The second-order valence-corrected chi connectivity index (χ2v) is 4.08. The minimum atomic E-state index is 0.693. The van der Waals surface area contributed by atoms with Crippen LogP contribution >= 0.6 is 0 Å². The molecule has 0 saturated carbocycles. The molecule has 0 bridgehead atoms. The van der Waals surface area contributed by atoms with Gasteiger partial charge in [-0.25, -0.2) is 0 Å². The molecule has 4 nitrogen and oxygen atoms in total. The summed E-state index contributed by atoms with van der Waals surface area (Å²) in [6.07, 6.45) is 0. The molecule has 0 aliphatic carbocycles. The van der Waals surface area contributed by atoms with Gasteiger partial charge in [0.1, 0.15) is 0 Å². The molecule has 0 spiro atoms. The highest BCUT2D eigenvalue weighted by atomic mass is 15.1. The maximum absolute atomic E-state index is 5.55. The van der Waals surface area contributed by atoms with E-state index < -0.39 is 0 Å². The molecule has 0 aliphatic heterocycles. The van der Waals surface area contributed by atoms with E-state index in [1.807, 2.05) is 6.07 Å². The largest absolute Gasteiger partial charge is 0.329 e. The number of hydrogen-bond acceptors (Lipinski definition) is 4. The number of rotatable bonds is 9. The fourth-order valence-electron chi connectivity index (χ4n) is 1.77. The van der Waals surface area contributed by atoms with Gasteiger partial charge in [0.05, 0.1) is 0 Å². The van der Waals surface area contributed by atoms with Crippen molar-refractivity contribution in [3.63, 3.8) is 0 Å². The Morgan fingerprint density at radius 1 is 0.941 bits per heavy atom. The molecule has 96 valence electrons. The highest BCUT2D eigenvalue weighted by Crippen LogP contribution is 1.96. The van der Waals surface area contributed by atoms with E-state index >= 15 is 0 Å². The fraction of sp³-hybridized carbons (Fsp3) is 0.538. The van der Waals surface area contributed by atoms with Crippen LogP contribution in [0.15, 0.2) is 30.3 Å². The minimum Gasteiger partial charge on any atom is -0.329 e. The molecule has 0 aliphatic rings. The number of nitrogens with one attached hydrogen (secondary N) is 1. The summed E-state index contributed by atoms with van der Waals surface area (Å²) >= 11 is 0. The molecule has 17 heavy (non-hydrogen) atoms. The van der Waals surface area contributed by atoms with Crippen molar-refractivity contribution in [2.45, 2.75) is 6.54 Å². The van der Waals surface area contributed by atoms with Gasteiger partial charge >= 0.3 is 0 Å². The zero-order chi connectivity index (χ0) is 12.3. The first-order valence-electron chi connectivity index (χ1n) is 6.24. The molecule has 0 unspecified atom stereocenters. The van der Waals surface area contributed by atoms with Crippen LogP contribution in [0.25, 0.3) is 0 Å². The quantitative estimate of drug-likeness (QED) is 0.528. The first-order valence-corrected chi connectivity index (χ1v) is 6.24. The maximum atomic E-state index is 5.55. The van der Waals surface area contributed by atoms with E-state index in [-0.39, 0.29) is 0 Å². The van der Waals surface area contributed by atoms with Gasteiger partial charge in [-0.1, -0.05) is 30.3 Å². The van der Waals surface area contributed by atoms with Crippen LogP contribution in [0.5, 0.6) is 0 Å². The summed E-state index contributed by atoms with van der Waals surface area (Å²) in [4.78, 5) is 2.29. The third-order valence-electron chi connectivity index (χ3n) is 2.67. The van der Waals surface area contributed by atoms with Crippen molar-refractivity contribution < 1.29 is 0 Å². The Bertz CT molecular complexity index is 270. The van der Waals surface area contributed by atoms with E-state index in [1.54, 1.807) is 0 Å². The summed E-state index contributed by atoms with van der Waals surface area (Å²) in [6, 6.07) is 10.4. The minimum absolute atomic E-state index is 0.693. The van der Waals surface area contributed by atoms with Gasteiger partial charge in [0, 0.05) is 45.8 Å². The molecule has 1 aromatic carbocycles. The number of benzene rings is 1. The van der Waals surface area contributed by atoms with Crippen molar-refractivity contribution in [1.82, 2.24) is 10.2 Å². The number of hydrogen-bond donors (Lipinski definition) is 3. The summed E-state index contributed by atoms with van der Waals surface area (Å²) < 4.78 is 0. The molecule has 4 heteroatoms. The van der Waals surface area contributed by atoms with Crippen LogP contribution in [0.2, 0.25) is 0 Å². The molecule has 0 heterocycles. The van der Waals surface area contributed by atoms with Crippen molar-refractivity contribution in [3.05, 3.63) is 35.9 Å². The summed E-state index contributed by atoms with van der Waals surface area (Å²) in [5.74, 6) is 0. The average molecular weight is 236 g/mol. The molecule has 0 amide bonds. The highest BCUT2D eigenvalue weighted by Gasteiger charge is 2.01. The van der Waals surface area contributed by atoms with Gasteiger partial charge < -0.3 is 16.8 Å². The fourth-order valence-corrected chi connectivity index (χ4v) is 1.77. The smallest absolute Gasteiger partial charge is 0.0206 e. The Morgan fingerprint density at radius 3 is 2.18 bits per heavy atom. The van der Waals surface area contributed by atoms with E-state index in [4.69, 9.17) is 11.5 Å². The standard InChI is InChI=1S/C13H24N4/c14-6-9-17(10-7-15)11-8-16-12-13-4-2-1-3-5-13/h1-5,16H,6-12,14-15H2. The Morgan fingerprint density at radius 2 is 1.59 bits per heavy atom. The molecule has 5 N–H and O–H groups in total. The van der Waals surface area contributed by atoms with Gasteiger partial charge in [-0.15, -0.1) is 0 Å². The van der Waals surface area contributed by atoms with Crippen molar-refractivity contribution in [2.24, 2.45) is 11.5 Å². The van der Waals surface area contributed by atoms with Crippen LogP contribution in [0, 0.1) is 0 Å². The first kappa shape index (κ1) is 14.1. The summed E-state index contributed by atoms with van der Waals surface area (Å²) in [5.41, 5.74) is 12.4. The lowest BCUT2D eigenvalue weighted by atomic mass is 10.2. The van der Waals surface area contributed by atoms with Gasteiger partial charge in [-0.2, -0.15) is 0 Å². The molecule has 0 saturated heterocycles. The summed E-state index contributed by atoms with van der Waals surface area (Å²) in [6.45, 7) is 6.11. The Hall–Kier alpha value is -0.940. The lowest BCUT2D eigenvalue weighted by Gasteiger charge is -2.20. The van der Waals surface area contributed by atoms with E-state index in [9.17, 15) is 0 Å². The lowest BCUT2D eigenvalue weighted by molar-refractivity contribution is 0.287. The third-order valence-corrected chi connectivity index (χ3v) is 2.67. The van der Waals surface area contributed by atoms with Crippen LogP contribution in [0.1, 0.15) is 5.56 Å². The SMILES string of the molecule is NCCN(CCN)CCNCc1ccccc1. The van der Waals surface area contributed by atoms with Crippen LogP contribution < -0.4 is 16.8 Å². The van der Waals surface area contributed by atoms with Gasteiger partial charge in [-0.05, 0) is 5.56 Å². The maximum Gasteiger partial charge on any atom is 0.0206 e. The van der Waals surface area contributed by atoms with Crippen molar-refractivity contribution in [2.75, 3.05) is 39.3 Å². The zero-order valence-electron chi connectivity index (χ0n) is 10.4. The van der Waals surface area contributed by atoms with E-state index in [1.165, 1.54) is 5.56 Å². The molecule has 0 atom stereocenters. The molecule has 0 radical (unpaired) electrons.